The van der Waals surface area contributed by atoms with Gasteiger partial charge in [-0.25, -0.2) is 4.79 Å². The van der Waals surface area contributed by atoms with Crippen molar-refractivity contribution in [2.75, 3.05) is 0 Å². The van der Waals surface area contributed by atoms with Crippen LogP contribution in [0, 0.1) is 0 Å². The highest BCUT2D eigenvalue weighted by Gasteiger charge is 2.20. The Labute approximate surface area is 182 Å². The van der Waals surface area contributed by atoms with E-state index in [1.54, 1.807) is 6.92 Å². The van der Waals surface area contributed by atoms with Gasteiger partial charge in [-0.2, -0.15) is 0 Å². The van der Waals surface area contributed by atoms with E-state index in [-0.39, 0.29) is 18.4 Å². The number of amides is 1. The Morgan fingerprint density at radius 1 is 0.933 bits per heavy atom. The summed E-state index contributed by atoms with van der Waals surface area (Å²) in [6, 6.07) is 9.09. The van der Waals surface area contributed by atoms with E-state index < -0.39 is 12.0 Å². The summed E-state index contributed by atoms with van der Waals surface area (Å²) < 4.78 is 6.04. The van der Waals surface area contributed by atoms with Crippen LogP contribution in [-0.4, -0.2) is 29.1 Å². The average Bonchev–Trinajstić information content (AvgIpc) is 2.75. The SMILES string of the molecule is CCCCCCCCCCC[C@H](CC(=O)NC(CC)C(=O)O)OCc1ccccc1. The summed E-state index contributed by atoms with van der Waals surface area (Å²) >= 11 is 0. The van der Waals surface area contributed by atoms with Gasteiger partial charge in [-0.15, -0.1) is 0 Å². The standard InChI is InChI=1S/C25H41NO4/c1-3-5-6-7-8-9-10-11-15-18-22(30-20-21-16-13-12-14-17-21)19-24(27)26-23(4-2)25(28)29/h12-14,16-17,22-23H,3-11,15,18-20H2,1-2H3,(H,26,27)(H,28,29)/t22-,23?/m1/s1. The molecule has 2 atom stereocenters. The molecule has 0 aliphatic carbocycles. The van der Waals surface area contributed by atoms with E-state index in [1.165, 1.54) is 44.9 Å². The fourth-order valence-corrected chi connectivity index (χ4v) is 3.51. The van der Waals surface area contributed by atoms with E-state index in [0.29, 0.717) is 13.0 Å². The number of unbranched alkanes of at least 4 members (excludes halogenated alkanes) is 8. The molecular formula is C25H41NO4. The number of hydrogen-bond donors (Lipinski definition) is 2. The predicted octanol–water partition coefficient (Wildman–Crippen LogP) is 5.86. The first kappa shape index (κ1) is 26.2. The van der Waals surface area contributed by atoms with Gasteiger partial charge in [0.25, 0.3) is 0 Å². The zero-order valence-electron chi connectivity index (χ0n) is 18.9. The van der Waals surface area contributed by atoms with E-state index in [0.717, 1.165) is 24.8 Å². The van der Waals surface area contributed by atoms with Gasteiger partial charge in [0, 0.05) is 0 Å². The lowest BCUT2D eigenvalue weighted by Crippen LogP contribution is -2.41. The number of carboxylic acids is 1. The smallest absolute Gasteiger partial charge is 0.326 e. The van der Waals surface area contributed by atoms with Gasteiger partial charge >= 0.3 is 5.97 Å². The third-order valence-electron chi connectivity index (χ3n) is 5.41. The largest absolute Gasteiger partial charge is 0.480 e. The molecule has 30 heavy (non-hydrogen) atoms. The van der Waals surface area contributed by atoms with Gasteiger partial charge < -0.3 is 15.2 Å². The van der Waals surface area contributed by atoms with Crippen LogP contribution in [-0.2, 0) is 20.9 Å². The molecule has 0 aliphatic rings. The molecule has 0 saturated carbocycles. The molecule has 0 aromatic heterocycles. The molecule has 0 saturated heterocycles. The molecule has 5 heteroatoms. The Bertz CT molecular complexity index is 576. The first-order chi connectivity index (χ1) is 14.6. The van der Waals surface area contributed by atoms with Crippen molar-refractivity contribution in [3.63, 3.8) is 0 Å². The van der Waals surface area contributed by atoms with Crippen molar-refractivity contribution in [3.05, 3.63) is 35.9 Å². The lowest BCUT2D eigenvalue weighted by atomic mass is 10.0. The summed E-state index contributed by atoms with van der Waals surface area (Å²) in [5.74, 6) is -1.25. The molecule has 1 rings (SSSR count). The van der Waals surface area contributed by atoms with Gasteiger partial charge in [-0.05, 0) is 18.4 Å². The number of rotatable bonds is 18. The minimum absolute atomic E-state index is 0.193. The quantitative estimate of drug-likeness (QED) is 0.292. The minimum Gasteiger partial charge on any atom is -0.480 e. The molecule has 0 bridgehead atoms. The van der Waals surface area contributed by atoms with Crippen LogP contribution in [0.2, 0.25) is 0 Å². The van der Waals surface area contributed by atoms with Crippen molar-refractivity contribution in [1.82, 2.24) is 5.32 Å². The number of carboxylic acid groups (broad SMARTS) is 1. The van der Waals surface area contributed by atoms with Crippen molar-refractivity contribution in [3.8, 4) is 0 Å². The lowest BCUT2D eigenvalue weighted by Gasteiger charge is -2.19. The molecule has 1 unspecified atom stereocenters. The number of ether oxygens (including phenoxy) is 1. The van der Waals surface area contributed by atoms with Crippen LogP contribution in [0.3, 0.4) is 0 Å². The number of aliphatic carboxylic acids is 1. The minimum atomic E-state index is -0.994. The van der Waals surface area contributed by atoms with Crippen LogP contribution in [0.4, 0.5) is 0 Å². The summed E-state index contributed by atoms with van der Waals surface area (Å²) in [5, 5.41) is 11.8. The van der Waals surface area contributed by atoms with Crippen molar-refractivity contribution in [2.45, 2.75) is 110 Å². The summed E-state index contributed by atoms with van der Waals surface area (Å²) in [6.45, 7) is 4.46. The molecule has 2 N–H and O–H groups in total. The summed E-state index contributed by atoms with van der Waals surface area (Å²) in [6.07, 6.45) is 12.5. The Hall–Kier alpha value is -1.88. The Balaban J connectivity index is 2.40. The normalized spacial score (nSPS) is 13.0. The first-order valence-corrected chi connectivity index (χ1v) is 11.7. The number of benzene rings is 1. The first-order valence-electron chi connectivity index (χ1n) is 11.7. The molecule has 0 heterocycles. The summed E-state index contributed by atoms with van der Waals surface area (Å²) in [7, 11) is 0. The average molecular weight is 420 g/mol. The molecular weight excluding hydrogens is 378 g/mol. The molecule has 1 aromatic rings. The molecule has 0 fully saturated rings. The highest BCUT2D eigenvalue weighted by Crippen LogP contribution is 2.16. The number of carbonyl (C=O) groups excluding carboxylic acids is 1. The van der Waals surface area contributed by atoms with Crippen LogP contribution in [0.5, 0.6) is 0 Å². The molecule has 0 aliphatic heterocycles. The highest BCUT2D eigenvalue weighted by molar-refractivity contribution is 5.83. The zero-order chi connectivity index (χ0) is 22.0. The Morgan fingerprint density at radius 3 is 2.10 bits per heavy atom. The Morgan fingerprint density at radius 2 is 1.53 bits per heavy atom. The molecule has 1 amide bonds. The second kappa shape index (κ2) is 16.9. The topological polar surface area (TPSA) is 75.6 Å². The fraction of sp³-hybridized carbons (Fsp3) is 0.680. The van der Waals surface area contributed by atoms with E-state index in [1.807, 2.05) is 30.3 Å². The van der Waals surface area contributed by atoms with Crippen molar-refractivity contribution < 1.29 is 19.4 Å². The van der Waals surface area contributed by atoms with Gasteiger partial charge in [0.1, 0.15) is 6.04 Å². The second-order valence-electron chi connectivity index (χ2n) is 8.11. The van der Waals surface area contributed by atoms with Gasteiger partial charge in [0.15, 0.2) is 0 Å². The van der Waals surface area contributed by atoms with E-state index in [2.05, 4.69) is 12.2 Å². The molecule has 0 radical (unpaired) electrons. The van der Waals surface area contributed by atoms with E-state index in [9.17, 15) is 9.59 Å². The van der Waals surface area contributed by atoms with Crippen LogP contribution in [0.1, 0.15) is 96.5 Å². The summed E-state index contributed by atoms with van der Waals surface area (Å²) in [4.78, 5) is 23.5. The second-order valence-corrected chi connectivity index (χ2v) is 8.11. The number of nitrogens with one attached hydrogen (secondary N) is 1. The molecule has 0 spiro atoms. The van der Waals surface area contributed by atoms with Crippen molar-refractivity contribution in [2.24, 2.45) is 0 Å². The van der Waals surface area contributed by atoms with Gasteiger partial charge in [-0.3, -0.25) is 4.79 Å². The van der Waals surface area contributed by atoms with E-state index in [4.69, 9.17) is 9.84 Å². The fourth-order valence-electron chi connectivity index (χ4n) is 3.51. The van der Waals surface area contributed by atoms with Gasteiger partial charge in [0.05, 0.1) is 19.1 Å². The maximum Gasteiger partial charge on any atom is 0.326 e. The van der Waals surface area contributed by atoms with Gasteiger partial charge in [0.2, 0.25) is 5.91 Å². The lowest BCUT2D eigenvalue weighted by molar-refractivity contribution is -0.142. The maximum absolute atomic E-state index is 12.3. The molecule has 1 aromatic carbocycles. The van der Waals surface area contributed by atoms with Crippen LogP contribution >= 0.6 is 0 Å². The summed E-state index contributed by atoms with van der Waals surface area (Å²) in [5.41, 5.74) is 1.08. The van der Waals surface area contributed by atoms with E-state index >= 15 is 0 Å². The number of hydrogen-bond acceptors (Lipinski definition) is 3. The van der Waals surface area contributed by atoms with Crippen LogP contribution in [0.25, 0.3) is 0 Å². The Kier molecular flexibility index (Phi) is 14.7. The van der Waals surface area contributed by atoms with Crippen molar-refractivity contribution >= 4 is 11.9 Å². The van der Waals surface area contributed by atoms with Crippen LogP contribution in [0.15, 0.2) is 30.3 Å². The molecule has 5 nitrogen and oxygen atoms in total. The maximum atomic E-state index is 12.3. The third kappa shape index (κ3) is 12.6. The highest BCUT2D eigenvalue weighted by atomic mass is 16.5. The monoisotopic (exact) mass is 419 g/mol. The van der Waals surface area contributed by atoms with Crippen LogP contribution < -0.4 is 5.32 Å². The third-order valence-corrected chi connectivity index (χ3v) is 5.41. The van der Waals surface area contributed by atoms with Gasteiger partial charge in [-0.1, -0.05) is 102 Å². The molecule has 170 valence electrons. The van der Waals surface area contributed by atoms with Crippen molar-refractivity contribution in [1.29, 1.82) is 0 Å². The number of carbonyl (C=O) groups is 2. The zero-order valence-corrected chi connectivity index (χ0v) is 18.9. The predicted molar refractivity (Wildman–Crippen MR) is 121 cm³/mol.